The summed E-state index contributed by atoms with van der Waals surface area (Å²) >= 11 is 0. The van der Waals surface area contributed by atoms with E-state index in [1.54, 1.807) is 0 Å². The summed E-state index contributed by atoms with van der Waals surface area (Å²) in [5, 5.41) is 0. The highest BCUT2D eigenvalue weighted by Gasteiger charge is 2.33. The van der Waals surface area contributed by atoms with Crippen molar-refractivity contribution in [2.24, 2.45) is 17.6 Å². The molecular weight excluding hydrogens is 200 g/mol. The summed E-state index contributed by atoms with van der Waals surface area (Å²) in [6.07, 6.45) is 4.08. The Balaban J connectivity index is 1.77. The molecule has 0 radical (unpaired) electrons. The molecule has 0 spiro atoms. The van der Waals surface area contributed by atoms with Crippen LogP contribution in [-0.2, 0) is 4.74 Å². The fourth-order valence-corrected chi connectivity index (χ4v) is 2.39. The van der Waals surface area contributed by atoms with Crippen LogP contribution in [0.4, 0.5) is 0 Å². The average Bonchev–Trinajstić information content (AvgIpc) is 2.99. The monoisotopic (exact) mass is 226 g/mol. The summed E-state index contributed by atoms with van der Waals surface area (Å²) in [5.41, 5.74) is 6.05. The van der Waals surface area contributed by atoms with Gasteiger partial charge in [0.05, 0.1) is 13.2 Å². The van der Waals surface area contributed by atoms with E-state index in [4.69, 9.17) is 10.5 Å². The van der Waals surface area contributed by atoms with Crippen LogP contribution in [0.2, 0.25) is 0 Å². The first-order chi connectivity index (χ1) is 7.66. The second-order valence-corrected chi connectivity index (χ2v) is 5.87. The Bertz CT molecular complexity index is 216. The van der Waals surface area contributed by atoms with Gasteiger partial charge < -0.3 is 10.5 Å². The molecule has 0 aromatic carbocycles. The van der Waals surface area contributed by atoms with E-state index in [0.29, 0.717) is 5.92 Å². The number of nitrogens with zero attached hydrogens (tertiary/aromatic N) is 1. The minimum atomic E-state index is 0.264. The lowest BCUT2D eigenvalue weighted by molar-refractivity contribution is 0.161. The van der Waals surface area contributed by atoms with Gasteiger partial charge in [-0.25, -0.2) is 0 Å². The fourth-order valence-electron chi connectivity index (χ4n) is 2.39. The van der Waals surface area contributed by atoms with E-state index >= 15 is 0 Å². The van der Waals surface area contributed by atoms with Gasteiger partial charge >= 0.3 is 0 Å². The standard InChI is InChI=1S/C13H26N2O/c1-10(2)5-6-15(12-3-4-12)7-11-8-16-9-13(11)14/h10-13H,3-9,14H2,1-2H3. The molecule has 2 aliphatic rings. The smallest absolute Gasteiger partial charge is 0.0621 e. The SMILES string of the molecule is CC(C)CCN(CC1COCC1N)C1CC1. The van der Waals surface area contributed by atoms with E-state index in [2.05, 4.69) is 18.7 Å². The molecule has 1 heterocycles. The minimum absolute atomic E-state index is 0.264. The third-order valence-corrected chi connectivity index (χ3v) is 3.77. The second-order valence-electron chi connectivity index (χ2n) is 5.87. The molecule has 1 saturated carbocycles. The summed E-state index contributed by atoms with van der Waals surface area (Å²) in [6, 6.07) is 1.12. The van der Waals surface area contributed by atoms with E-state index < -0.39 is 0 Å². The molecule has 2 N–H and O–H groups in total. The summed E-state index contributed by atoms with van der Waals surface area (Å²) in [7, 11) is 0. The topological polar surface area (TPSA) is 38.5 Å². The highest BCUT2D eigenvalue weighted by atomic mass is 16.5. The van der Waals surface area contributed by atoms with Gasteiger partial charge in [0.25, 0.3) is 0 Å². The summed E-state index contributed by atoms with van der Waals surface area (Å²) in [5.74, 6) is 1.36. The molecule has 16 heavy (non-hydrogen) atoms. The maximum atomic E-state index is 6.05. The molecule has 0 bridgehead atoms. The Morgan fingerprint density at radius 3 is 2.56 bits per heavy atom. The van der Waals surface area contributed by atoms with Crippen LogP contribution in [0.15, 0.2) is 0 Å². The first-order valence-corrected chi connectivity index (χ1v) is 6.74. The molecule has 2 unspecified atom stereocenters. The van der Waals surface area contributed by atoms with Crippen LogP contribution >= 0.6 is 0 Å². The first kappa shape index (κ1) is 12.3. The molecule has 2 atom stereocenters. The largest absolute Gasteiger partial charge is 0.379 e. The quantitative estimate of drug-likeness (QED) is 0.745. The van der Waals surface area contributed by atoms with Crippen molar-refractivity contribution in [2.45, 2.75) is 45.2 Å². The van der Waals surface area contributed by atoms with Crippen LogP contribution < -0.4 is 5.73 Å². The van der Waals surface area contributed by atoms with Crippen molar-refractivity contribution in [2.75, 3.05) is 26.3 Å². The Morgan fingerprint density at radius 2 is 2.06 bits per heavy atom. The molecule has 3 nitrogen and oxygen atoms in total. The lowest BCUT2D eigenvalue weighted by atomic mass is 10.0. The zero-order valence-corrected chi connectivity index (χ0v) is 10.7. The van der Waals surface area contributed by atoms with Crippen LogP contribution in [0, 0.1) is 11.8 Å². The van der Waals surface area contributed by atoms with Crippen LogP contribution in [0.1, 0.15) is 33.1 Å². The van der Waals surface area contributed by atoms with E-state index in [9.17, 15) is 0 Å². The Morgan fingerprint density at radius 1 is 1.31 bits per heavy atom. The van der Waals surface area contributed by atoms with Gasteiger partial charge in [-0.1, -0.05) is 13.8 Å². The average molecular weight is 226 g/mol. The lowest BCUT2D eigenvalue weighted by Gasteiger charge is -2.27. The predicted molar refractivity (Wildman–Crippen MR) is 66.3 cm³/mol. The van der Waals surface area contributed by atoms with Crippen LogP contribution in [0.3, 0.4) is 0 Å². The summed E-state index contributed by atoms with van der Waals surface area (Å²) in [6.45, 7) is 8.62. The molecule has 2 fully saturated rings. The molecule has 2 rings (SSSR count). The Labute approximate surface area is 99.3 Å². The molecule has 1 aliphatic carbocycles. The zero-order valence-electron chi connectivity index (χ0n) is 10.7. The second kappa shape index (κ2) is 5.48. The number of rotatable bonds is 6. The van der Waals surface area contributed by atoms with Crippen molar-refractivity contribution >= 4 is 0 Å². The summed E-state index contributed by atoms with van der Waals surface area (Å²) in [4.78, 5) is 2.65. The molecule has 0 amide bonds. The number of nitrogens with two attached hydrogens (primary N) is 1. The lowest BCUT2D eigenvalue weighted by Crippen LogP contribution is -2.40. The fraction of sp³-hybridized carbons (Fsp3) is 1.00. The predicted octanol–water partition coefficient (Wildman–Crippen LogP) is 1.47. The van der Waals surface area contributed by atoms with E-state index in [0.717, 1.165) is 31.7 Å². The van der Waals surface area contributed by atoms with Crippen molar-refractivity contribution in [1.82, 2.24) is 4.90 Å². The van der Waals surface area contributed by atoms with Crippen molar-refractivity contribution < 1.29 is 4.74 Å². The van der Waals surface area contributed by atoms with Gasteiger partial charge in [-0.2, -0.15) is 0 Å². The van der Waals surface area contributed by atoms with E-state index in [1.165, 1.54) is 25.8 Å². The number of ether oxygens (including phenoxy) is 1. The third kappa shape index (κ3) is 3.44. The molecule has 0 aromatic heterocycles. The van der Waals surface area contributed by atoms with Gasteiger partial charge in [0.2, 0.25) is 0 Å². The molecular formula is C13H26N2O. The van der Waals surface area contributed by atoms with Crippen LogP contribution in [0.25, 0.3) is 0 Å². The number of hydrogen-bond acceptors (Lipinski definition) is 3. The van der Waals surface area contributed by atoms with E-state index in [1.807, 2.05) is 0 Å². The maximum absolute atomic E-state index is 6.05. The van der Waals surface area contributed by atoms with Gasteiger partial charge in [-0.15, -0.1) is 0 Å². The van der Waals surface area contributed by atoms with Crippen molar-refractivity contribution in [1.29, 1.82) is 0 Å². The minimum Gasteiger partial charge on any atom is -0.379 e. The van der Waals surface area contributed by atoms with Gasteiger partial charge in [-0.3, -0.25) is 4.90 Å². The van der Waals surface area contributed by atoms with Gasteiger partial charge in [0, 0.05) is 24.5 Å². The normalized spacial score (nSPS) is 30.6. The van der Waals surface area contributed by atoms with Crippen molar-refractivity contribution in [3.05, 3.63) is 0 Å². The highest BCUT2D eigenvalue weighted by molar-refractivity contribution is 4.89. The van der Waals surface area contributed by atoms with Gasteiger partial charge in [0.1, 0.15) is 0 Å². The number of hydrogen-bond donors (Lipinski definition) is 1. The van der Waals surface area contributed by atoms with Crippen molar-refractivity contribution in [3.63, 3.8) is 0 Å². The van der Waals surface area contributed by atoms with Crippen LogP contribution in [-0.4, -0.2) is 43.3 Å². The maximum Gasteiger partial charge on any atom is 0.0621 e. The molecule has 1 aliphatic heterocycles. The van der Waals surface area contributed by atoms with Crippen LogP contribution in [0.5, 0.6) is 0 Å². The third-order valence-electron chi connectivity index (χ3n) is 3.77. The first-order valence-electron chi connectivity index (χ1n) is 6.74. The molecule has 0 aromatic rings. The van der Waals surface area contributed by atoms with Gasteiger partial charge in [-0.05, 0) is 31.7 Å². The molecule has 3 heteroatoms. The molecule has 1 saturated heterocycles. The Hall–Kier alpha value is -0.120. The highest BCUT2D eigenvalue weighted by Crippen LogP contribution is 2.29. The molecule has 94 valence electrons. The van der Waals surface area contributed by atoms with Gasteiger partial charge in [0.15, 0.2) is 0 Å². The van der Waals surface area contributed by atoms with E-state index in [-0.39, 0.29) is 6.04 Å². The Kier molecular flexibility index (Phi) is 4.22. The zero-order chi connectivity index (χ0) is 11.5. The van der Waals surface area contributed by atoms with Crippen molar-refractivity contribution in [3.8, 4) is 0 Å². The summed E-state index contributed by atoms with van der Waals surface area (Å²) < 4.78 is 5.44.